The molecule has 0 atom stereocenters. The maximum Gasteiger partial charge on any atom is 0.103 e. The van der Waals surface area contributed by atoms with Crippen LogP contribution in [0.5, 0.6) is 0 Å². The predicted octanol–water partition coefficient (Wildman–Crippen LogP) is 3.16. The third-order valence-electron chi connectivity index (χ3n) is 2.10. The van der Waals surface area contributed by atoms with E-state index in [0.717, 1.165) is 10.2 Å². The third kappa shape index (κ3) is 3.22. The summed E-state index contributed by atoms with van der Waals surface area (Å²) >= 11 is 3.36. The quantitative estimate of drug-likeness (QED) is 0.923. The van der Waals surface area contributed by atoms with Crippen molar-refractivity contribution in [1.82, 2.24) is 0 Å². The fourth-order valence-corrected chi connectivity index (χ4v) is 1.96. The van der Waals surface area contributed by atoms with Crippen LogP contribution in [0.3, 0.4) is 0 Å². The number of hydrogen-bond acceptors (Lipinski definition) is 3. The Kier molecular flexibility index (Phi) is 4.34. The first-order valence-corrected chi connectivity index (χ1v) is 5.75. The molecule has 86 valence electrons. The lowest BCUT2D eigenvalue weighted by Gasteiger charge is -2.27. The molecule has 0 unspecified atom stereocenters. The van der Waals surface area contributed by atoms with Crippen molar-refractivity contribution in [3.8, 4) is 6.07 Å². The Morgan fingerprint density at radius 1 is 1.50 bits per heavy atom. The van der Waals surface area contributed by atoms with Gasteiger partial charge in [0.2, 0.25) is 0 Å². The van der Waals surface area contributed by atoms with Crippen LogP contribution in [0.4, 0.5) is 5.69 Å². The maximum absolute atomic E-state index is 9.07. The lowest BCUT2D eigenvalue weighted by molar-refractivity contribution is 0.158. The number of nitrogens with one attached hydrogen (secondary N) is 1. The lowest BCUT2D eigenvalue weighted by Crippen LogP contribution is -2.36. The number of nitriles is 1. The summed E-state index contributed by atoms with van der Waals surface area (Å²) in [5.74, 6) is 0. The van der Waals surface area contributed by atoms with E-state index in [1.807, 2.05) is 32.0 Å². The van der Waals surface area contributed by atoms with Gasteiger partial charge in [-0.15, -0.1) is 0 Å². The molecule has 1 N–H and O–H groups in total. The highest BCUT2D eigenvalue weighted by Gasteiger charge is 2.19. The van der Waals surface area contributed by atoms with Gasteiger partial charge in [0.05, 0.1) is 23.4 Å². The molecule has 0 saturated heterocycles. The largest absolute Gasteiger partial charge is 0.382 e. The fourth-order valence-electron chi connectivity index (χ4n) is 1.50. The SMILES string of the molecule is COCC(C)(C)Nc1cccc(Br)c1C#N. The zero-order chi connectivity index (χ0) is 12.2. The van der Waals surface area contributed by atoms with Gasteiger partial charge in [-0.3, -0.25) is 0 Å². The summed E-state index contributed by atoms with van der Waals surface area (Å²) in [7, 11) is 1.66. The third-order valence-corrected chi connectivity index (χ3v) is 2.76. The van der Waals surface area contributed by atoms with Crippen LogP contribution in [0.2, 0.25) is 0 Å². The Morgan fingerprint density at radius 3 is 2.75 bits per heavy atom. The minimum atomic E-state index is -0.207. The predicted molar refractivity (Wildman–Crippen MR) is 68.4 cm³/mol. The van der Waals surface area contributed by atoms with E-state index in [1.165, 1.54) is 0 Å². The summed E-state index contributed by atoms with van der Waals surface area (Å²) in [4.78, 5) is 0. The van der Waals surface area contributed by atoms with Crippen molar-refractivity contribution in [2.75, 3.05) is 19.0 Å². The Morgan fingerprint density at radius 2 is 2.19 bits per heavy atom. The molecular formula is C12H15BrN2O. The molecule has 0 amide bonds. The van der Waals surface area contributed by atoms with Gasteiger partial charge in [0.1, 0.15) is 6.07 Å². The van der Waals surface area contributed by atoms with Crippen LogP contribution in [-0.2, 0) is 4.74 Å². The summed E-state index contributed by atoms with van der Waals surface area (Å²) in [5.41, 5.74) is 1.23. The van der Waals surface area contributed by atoms with Gasteiger partial charge in [-0.25, -0.2) is 0 Å². The van der Waals surface area contributed by atoms with Crippen LogP contribution in [-0.4, -0.2) is 19.3 Å². The van der Waals surface area contributed by atoms with Crippen LogP contribution in [0.25, 0.3) is 0 Å². The van der Waals surface area contributed by atoms with Crippen LogP contribution >= 0.6 is 15.9 Å². The van der Waals surface area contributed by atoms with E-state index in [-0.39, 0.29) is 5.54 Å². The topological polar surface area (TPSA) is 45.0 Å². The average Bonchev–Trinajstić information content (AvgIpc) is 2.17. The maximum atomic E-state index is 9.07. The highest BCUT2D eigenvalue weighted by molar-refractivity contribution is 9.10. The number of anilines is 1. The van der Waals surface area contributed by atoms with Crippen molar-refractivity contribution in [1.29, 1.82) is 5.26 Å². The average molecular weight is 283 g/mol. The van der Waals surface area contributed by atoms with Crippen molar-refractivity contribution >= 4 is 21.6 Å². The Hall–Kier alpha value is -1.05. The Bertz CT molecular complexity index is 410. The number of methoxy groups -OCH3 is 1. The van der Waals surface area contributed by atoms with Gasteiger partial charge in [0.25, 0.3) is 0 Å². The second-order valence-corrected chi connectivity index (χ2v) is 5.07. The highest BCUT2D eigenvalue weighted by Crippen LogP contribution is 2.26. The van der Waals surface area contributed by atoms with Gasteiger partial charge in [0.15, 0.2) is 0 Å². The minimum Gasteiger partial charge on any atom is -0.382 e. The van der Waals surface area contributed by atoms with Crippen molar-refractivity contribution < 1.29 is 4.74 Å². The Balaban J connectivity index is 2.98. The van der Waals surface area contributed by atoms with Gasteiger partial charge >= 0.3 is 0 Å². The first-order chi connectivity index (χ1) is 7.50. The molecule has 0 fully saturated rings. The van der Waals surface area contributed by atoms with Gasteiger partial charge in [-0.05, 0) is 41.9 Å². The van der Waals surface area contributed by atoms with E-state index in [4.69, 9.17) is 10.00 Å². The molecule has 1 aromatic rings. The fraction of sp³-hybridized carbons (Fsp3) is 0.417. The van der Waals surface area contributed by atoms with E-state index < -0.39 is 0 Å². The normalized spacial score (nSPS) is 10.9. The van der Waals surface area contributed by atoms with Crippen molar-refractivity contribution in [2.24, 2.45) is 0 Å². The highest BCUT2D eigenvalue weighted by atomic mass is 79.9. The lowest BCUT2D eigenvalue weighted by atomic mass is 10.1. The molecule has 3 nitrogen and oxygen atoms in total. The van der Waals surface area contributed by atoms with Gasteiger partial charge in [-0.1, -0.05) is 6.07 Å². The number of hydrogen-bond donors (Lipinski definition) is 1. The van der Waals surface area contributed by atoms with Crippen molar-refractivity contribution in [3.05, 3.63) is 28.2 Å². The van der Waals surface area contributed by atoms with Crippen LogP contribution in [0, 0.1) is 11.3 Å². The summed E-state index contributed by atoms with van der Waals surface area (Å²) in [6.45, 7) is 4.63. The summed E-state index contributed by atoms with van der Waals surface area (Å²) in [5, 5.41) is 12.4. The zero-order valence-electron chi connectivity index (χ0n) is 9.67. The minimum absolute atomic E-state index is 0.207. The molecule has 0 radical (unpaired) electrons. The summed E-state index contributed by atoms with van der Waals surface area (Å²) in [6, 6.07) is 7.82. The molecule has 0 saturated carbocycles. The van der Waals surface area contributed by atoms with Crippen LogP contribution in [0.1, 0.15) is 19.4 Å². The van der Waals surface area contributed by atoms with Gasteiger partial charge < -0.3 is 10.1 Å². The van der Waals surface area contributed by atoms with E-state index in [2.05, 4.69) is 27.3 Å². The van der Waals surface area contributed by atoms with Crippen molar-refractivity contribution in [2.45, 2.75) is 19.4 Å². The molecule has 0 aromatic heterocycles. The first-order valence-electron chi connectivity index (χ1n) is 4.96. The van der Waals surface area contributed by atoms with E-state index >= 15 is 0 Å². The Labute approximate surface area is 105 Å². The van der Waals surface area contributed by atoms with E-state index in [9.17, 15) is 0 Å². The molecule has 1 rings (SSSR count). The van der Waals surface area contributed by atoms with Crippen LogP contribution in [0.15, 0.2) is 22.7 Å². The number of halogens is 1. The number of ether oxygens (including phenoxy) is 1. The molecule has 16 heavy (non-hydrogen) atoms. The smallest absolute Gasteiger partial charge is 0.103 e. The zero-order valence-corrected chi connectivity index (χ0v) is 11.3. The molecule has 0 aliphatic carbocycles. The molecule has 0 bridgehead atoms. The number of rotatable bonds is 4. The molecule has 4 heteroatoms. The molecule has 1 aromatic carbocycles. The number of benzene rings is 1. The van der Waals surface area contributed by atoms with Gasteiger partial charge in [0, 0.05) is 11.6 Å². The second kappa shape index (κ2) is 5.33. The molecule has 0 aliphatic rings. The molecule has 0 spiro atoms. The first kappa shape index (κ1) is 13.0. The second-order valence-electron chi connectivity index (χ2n) is 4.22. The standard InChI is InChI=1S/C12H15BrN2O/c1-12(2,8-16-3)15-11-6-4-5-10(13)9(11)7-14/h4-6,15H,8H2,1-3H3. The summed E-state index contributed by atoms with van der Waals surface area (Å²) in [6.07, 6.45) is 0. The van der Waals surface area contributed by atoms with Crippen molar-refractivity contribution in [3.63, 3.8) is 0 Å². The van der Waals surface area contributed by atoms with Crippen LogP contribution < -0.4 is 5.32 Å². The van der Waals surface area contributed by atoms with Gasteiger partial charge in [-0.2, -0.15) is 5.26 Å². The molecule has 0 heterocycles. The summed E-state index contributed by atoms with van der Waals surface area (Å²) < 4.78 is 5.92. The molecular weight excluding hydrogens is 268 g/mol. The monoisotopic (exact) mass is 282 g/mol. The van der Waals surface area contributed by atoms with E-state index in [0.29, 0.717) is 12.2 Å². The van der Waals surface area contributed by atoms with E-state index in [1.54, 1.807) is 7.11 Å². The number of nitrogens with zero attached hydrogens (tertiary/aromatic N) is 1. The molecule has 0 aliphatic heterocycles.